The standard InChI is InChI=1S/C30H39F3N3O2/c1-18(2)22-14-12-19(3)16-27(22)38-29(37)20(4)36-26-11-9-8-10-25(26)35(7)28(36)21-13-15-24(34(5)6)23(17-21)30(31,32)33/h8-11,13,15,17-20,22,27H,12,14,16H2,1-7H3/q+1/t19-,20-,22?,27-/m1/s1. The van der Waals surface area contributed by atoms with E-state index in [1.165, 1.54) is 17.0 Å². The van der Waals surface area contributed by atoms with Gasteiger partial charge in [0.25, 0.3) is 5.82 Å². The second-order valence-electron chi connectivity index (χ2n) is 11.3. The van der Waals surface area contributed by atoms with Gasteiger partial charge in [-0.05, 0) is 67.9 Å². The molecule has 0 N–H and O–H groups in total. The maximum Gasteiger partial charge on any atom is 0.418 e. The first-order valence-electron chi connectivity index (χ1n) is 13.4. The summed E-state index contributed by atoms with van der Waals surface area (Å²) in [6, 6.07) is 11.2. The molecular weight excluding hydrogens is 491 g/mol. The smallest absolute Gasteiger partial charge is 0.418 e. The number of hydrogen-bond acceptors (Lipinski definition) is 3. The highest BCUT2D eigenvalue weighted by Crippen LogP contribution is 2.40. The third-order valence-corrected chi connectivity index (χ3v) is 8.05. The Labute approximate surface area is 223 Å². The van der Waals surface area contributed by atoms with Crippen LogP contribution in [0.1, 0.15) is 58.6 Å². The van der Waals surface area contributed by atoms with E-state index in [4.69, 9.17) is 4.74 Å². The van der Waals surface area contributed by atoms with Crippen molar-refractivity contribution in [1.82, 2.24) is 4.57 Å². The van der Waals surface area contributed by atoms with Gasteiger partial charge in [0.15, 0.2) is 17.1 Å². The molecule has 38 heavy (non-hydrogen) atoms. The fraction of sp³-hybridized carbons (Fsp3) is 0.533. The number of esters is 1. The second-order valence-corrected chi connectivity index (χ2v) is 11.3. The van der Waals surface area contributed by atoms with E-state index in [2.05, 4.69) is 20.8 Å². The summed E-state index contributed by atoms with van der Waals surface area (Å²) in [6.45, 7) is 8.29. The number of para-hydroxylation sites is 2. The highest BCUT2D eigenvalue weighted by Gasteiger charge is 2.39. The lowest BCUT2D eigenvalue weighted by Crippen LogP contribution is -2.38. The summed E-state index contributed by atoms with van der Waals surface area (Å²) in [5.41, 5.74) is 1.33. The average Bonchev–Trinajstić information content (AvgIpc) is 3.14. The van der Waals surface area contributed by atoms with E-state index < -0.39 is 17.8 Å². The van der Waals surface area contributed by atoms with Crippen LogP contribution in [0.2, 0.25) is 0 Å². The molecule has 1 aliphatic rings. The molecule has 0 bridgehead atoms. The fourth-order valence-electron chi connectivity index (χ4n) is 5.96. The molecule has 0 amide bonds. The third kappa shape index (κ3) is 5.27. The van der Waals surface area contributed by atoms with Crippen LogP contribution in [0.4, 0.5) is 18.9 Å². The number of ether oxygens (including phenoxy) is 1. The molecule has 8 heteroatoms. The van der Waals surface area contributed by atoms with Crippen LogP contribution in [0, 0.1) is 17.8 Å². The maximum absolute atomic E-state index is 14.1. The number of anilines is 1. The van der Waals surface area contributed by atoms with Crippen molar-refractivity contribution in [3.8, 4) is 11.4 Å². The van der Waals surface area contributed by atoms with Crippen LogP contribution in [-0.2, 0) is 22.8 Å². The van der Waals surface area contributed by atoms with Crippen molar-refractivity contribution in [1.29, 1.82) is 0 Å². The lowest BCUT2D eigenvalue weighted by atomic mass is 9.75. The van der Waals surface area contributed by atoms with Crippen LogP contribution >= 0.6 is 0 Å². The van der Waals surface area contributed by atoms with Gasteiger partial charge in [-0.25, -0.2) is 13.9 Å². The van der Waals surface area contributed by atoms with Gasteiger partial charge in [-0.3, -0.25) is 0 Å². The van der Waals surface area contributed by atoms with E-state index in [1.807, 2.05) is 40.4 Å². The normalized spacial score (nSPS) is 21.1. The van der Waals surface area contributed by atoms with E-state index in [0.29, 0.717) is 29.1 Å². The number of hydrogen-bond donors (Lipinski definition) is 0. The number of carbonyl (C=O) groups is 1. The van der Waals surface area contributed by atoms with Gasteiger partial charge >= 0.3 is 12.1 Å². The highest BCUT2D eigenvalue weighted by molar-refractivity contribution is 5.82. The van der Waals surface area contributed by atoms with Crippen molar-refractivity contribution in [2.24, 2.45) is 24.8 Å². The summed E-state index contributed by atoms with van der Waals surface area (Å²) in [5, 5.41) is 0. The van der Waals surface area contributed by atoms with Gasteiger partial charge < -0.3 is 9.64 Å². The molecular formula is C30H39F3N3O2+. The molecule has 1 fully saturated rings. The van der Waals surface area contributed by atoms with Gasteiger partial charge in [-0.1, -0.05) is 39.3 Å². The average molecular weight is 531 g/mol. The number of fused-ring (bicyclic) bond motifs is 1. The first-order chi connectivity index (χ1) is 17.8. The Hall–Kier alpha value is -3.03. The largest absolute Gasteiger partial charge is 0.459 e. The van der Waals surface area contributed by atoms with Crippen molar-refractivity contribution >= 4 is 22.7 Å². The Morgan fingerprint density at radius 3 is 2.42 bits per heavy atom. The minimum atomic E-state index is -4.53. The molecule has 1 unspecified atom stereocenters. The van der Waals surface area contributed by atoms with Crippen LogP contribution in [0.5, 0.6) is 0 Å². The summed E-state index contributed by atoms with van der Waals surface area (Å²) < 4.78 is 52.1. The molecule has 1 saturated carbocycles. The Kier molecular flexibility index (Phi) is 7.82. The Morgan fingerprint density at radius 2 is 1.79 bits per heavy atom. The Balaban J connectivity index is 1.81. The molecule has 0 aliphatic heterocycles. The van der Waals surface area contributed by atoms with Crippen LogP contribution in [0.3, 0.4) is 0 Å². The zero-order chi connectivity index (χ0) is 27.9. The summed E-state index contributed by atoms with van der Waals surface area (Å²) in [7, 11) is 5.00. The molecule has 4 rings (SSSR count). The van der Waals surface area contributed by atoms with E-state index >= 15 is 0 Å². The predicted octanol–water partition coefficient (Wildman–Crippen LogP) is 6.78. The lowest BCUT2D eigenvalue weighted by Gasteiger charge is -2.37. The molecule has 0 spiro atoms. The van der Waals surface area contributed by atoms with Gasteiger partial charge in [0.1, 0.15) is 6.10 Å². The van der Waals surface area contributed by atoms with E-state index in [1.54, 1.807) is 27.1 Å². The second kappa shape index (κ2) is 10.6. The van der Waals surface area contributed by atoms with E-state index in [-0.39, 0.29) is 17.8 Å². The zero-order valence-corrected chi connectivity index (χ0v) is 23.3. The fourth-order valence-corrected chi connectivity index (χ4v) is 5.96. The van der Waals surface area contributed by atoms with Gasteiger partial charge in [0, 0.05) is 19.8 Å². The maximum atomic E-state index is 14.1. The lowest BCUT2D eigenvalue weighted by molar-refractivity contribution is -0.634. The molecule has 1 aliphatic carbocycles. The van der Waals surface area contributed by atoms with Crippen LogP contribution < -0.4 is 9.47 Å². The Morgan fingerprint density at radius 1 is 1.11 bits per heavy atom. The first-order valence-corrected chi connectivity index (χ1v) is 13.4. The number of carbonyl (C=O) groups excluding carboxylic acids is 1. The van der Waals surface area contributed by atoms with Crippen molar-refractivity contribution in [2.75, 3.05) is 19.0 Å². The monoisotopic (exact) mass is 530 g/mol. The molecule has 206 valence electrons. The SMILES string of the molecule is CC(C)C1CC[C@@H](C)C[C@H]1OC(=O)[C@@H](C)n1c(-c2ccc(N(C)C)c(C(F)(F)F)c2)[n+](C)c2ccccc21. The first kappa shape index (κ1) is 28.0. The van der Waals surface area contributed by atoms with Crippen LogP contribution in [0.25, 0.3) is 22.4 Å². The molecule has 5 nitrogen and oxygen atoms in total. The molecule has 1 aromatic heterocycles. The number of benzene rings is 2. The van der Waals surface area contributed by atoms with Gasteiger partial charge in [0.2, 0.25) is 0 Å². The number of aryl methyl sites for hydroxylation is 1. The van der Waals surface area contributed by atoms with Crippen LogP contribution in [-0.4, -0.2) is 30.7 Å². The zero-order valence-electron chi connectivity index (χ0n) is 23.3. The number of halogens is 3. The number of imidazole rings is 1. The van der Waals surface area contributed by atoms with E-state index in [9.17, 15) is 18.0 Å². The quantitative estimate of drug-likeness (QED) is 0.260. The van der Waals surface area contributed by atoms with Crippen molar-refractivity contribution < 1.29 is 27.3 Å². The van der Waals surface area contributed by atoms with Gasteiger partial charge in [0.05, 0.1) is 18.2 Å². The predicted molar refractivity (Wildman–Crippen MR) is 144 cm³/mol. The van der Waals surface area contributed by atoms with Crippen LogP contribution in [0.15, 0.2) is 42.5 Å². The minimum absolute atomic E-state index is 0.0881. The molecule has 1 heterocycles. The summed E-state index contributed by atoms with van der Waals surface area (Å²) in [5.74, 6) is 1.33. The number of rotatable bonds is 6. The highest BCUT2D eigenvalue weighted by atomic mass is 19.4. The summed E-state index contributed by atoms with van der Waals surface area (Å²) in [4.78, 5) is 15.1. The Bertz CT molecular complexity index is 1310. The molecule has 0 radical (unpaired) electrons. The van der Waals surface area contributed by atoms with E-state index in [0.717, 1.165) is 30.3 Å². The van der Waals surface area contributed by atoms with Crippen molar-refractivity contribution in [3.63, 3.8) is 0 Å². The summed E-state index contributed by atoms with van der Waals surface area (Å²) in [6.07, 6.45) is -1.71. The minimum Gasteiger partial charge on any atom is -0.459 e. The third-order valence-electron chi connectivity index (χ3n) is 8.05. The number of aromatic nitrogens is 2. The van der Waals surface area contributed by atoms with Gasteiger partial charge in [-0.15, -0.1) is 0 Å². The molecule has 3 aromatic rings. The number of nitrogens with zero attached hydrogens (tertiary/aromatic N) is 3. The van der Waals surface area contributed by atoms with Crippen molar-refractivity contribution in [2.45, 2.75) is 65.3 Å². The topological polar surface area (TPSA) is 38.4 Å². The molecule has 0 saturated heterocycles. The van der Waals surface area contributed by atoms with Crippen molar-refractivity contribution in [3.05, 3.63) is 48.0 Å². The molecule has 4 atom stereocenters. The number of alkyl halides is 3. The molecule has 2 aromatic carbocycles. The van der Waals surface area contributed by atoms with Gasteiger partial charge in [-0.2, -0.15) is 13.2 Å². The summed E-state index contributed by atoms with van der Waals surface area (Å²) >= 11 is 0.